The number of hydrogen-bond donors (Lipinski definition) is 0. The molecule has 0 unspecified atom stereocenters. The molecular weight excluding hydrogens is 299 g/mol. The Hall–Kier alpha value is -1.63. The number of rotatable bonds is 5. The van der Waals surface area contributed by atoms with Crippen LogP contribution in [-0.2, 0) is 14.6 Å². The lowest BCUT2D eigenvalue weighted by molar-refractivity contribution is 0.0365. The molecule has 0 aliphatic carbocycles. The molecule has 0 aliphatic heterocycles. The number of ether oxygens (including phenoxy) is 2. The SMILES string of the molecule is CC(C)OC(=O)c1c(OC(C)C)ccc(S(C)(=O)=O)c1F. The fourth-order valence-electron chi connectivity index (χ4n) is 1.64. The summed E-state index contributed by atoms with van der Waals surface area (Å²) in [6, 6.07) is 2.34. The molecule has 1 aromatic rings. The van der Waals surface area contributed by atoms with Gasteiger partial charge in [0.1, 0.15) is 16.2 Å². The van der Waals surface area contributed by atoms with Gasteiger partial charge in [-0.3, -0.25) is 0 Å². The monoisotopic (exact) mass is 318 g/mol. The summed E-state index contributed by atoms with van der Waals surface area (Å²) in [5, 5.41) is 0. The molecule has 0 aromatic heterocycles. The molecule has 7 heteroatoms. The molecule has 118 valence electrons. The van der Waals surface area contributed by atoms with Gasteiger partial charge in [0.15, 0.2) is 15.7 Å². The Morgan fingerprint density at radius 1 is 1.14 bits per heavy atom. The number of benzene rings is 1. The van der Waals surface area contributed by atoms with E-state index in [0.29, 0.717) is 0 Å². The van der Waals surface area contributed by atoms with Crippen molar-refractivity contribution in [3.05, 3.63) is 23.5 Å². The first-order chi connectivity index (χ1) is 9.54. The highest BCUT2D eigenvalue weighted by Gasteiger charge is 2.27. The topological polar surface area (TPSA) is 69.7 Å². The maximum atomic E-state index is 14.4. The summed E-state index contributed by atoms with van der Waals surface area (Å²) in [5.41, 5.74) is -0.500. The molecular formula is C14H19FO5S. The summed E-state index contributed by atoms with van der Waals surface area (Å²) in [7, 11) is -3.80. The van der Waals surface area contributed by atoms with E-state index >= 15 is 0 Å². The van der Waals surface area contributed by atoms with Crippen LogP contribution in [0.3, 0.4) is 0 Å². The maximum absolute atomic E-state index is 14.4. The van der Waals surface area contributed by atoms with Crippen LogP contribution in [0.15, 0.2) is 17.0 Å². The second kappa shape index (κ2) is 6.43. The summed E-state index contributed by atoms with van der Waals surface area (Å²) in [6.07, 6.45) is 0.0937. The first-order valence-electron chi connectivity index (χ1n) is 6.44. The third-order valence-electron chi connectivity index (χ3n) is 2.38. The highest BCUT2D eigenvalue weighted by Crippen LogP contribution is 2.29. The third-order valence-corrected chi connectivity index (χ3v) is 3.49. The summed E-state index contributed by atoms with van der Waals surface area (Å²) >= 11 is 0. The lowest BCUT2D eigenvalue weighted by atomic mass is 10.2. The molecule has 0 spiro atoms. The third kappa shape index (κ3) is 4.42. The van der Waals surface area contributed by atoms with Gasteiger partial charge >= 0.3 is 5.97 Å². The van der Waals surface area contributed by atoms with E-state index in [1.54, 1.807) is 27.7 Å². The smallest absolute Gasteiger partial charge is 0.345 e. The molecule has 0 radical (unpaired) electrons. The normalized spacial score (nSPS) is 11.8. The molecule has 0 bridgehead atoms. The van der Waals surface area contributed by atoms with Gasteiger partial charge < -0.3 is 9.47 Å². The van der Waals surface area contributed by atoms with Crippen LogP contribution in [-0.4, -0.2) is 32.9 Å². The van der Waals surface area contributed by atoms with Gasteiger partial charge in [-0.2, -0.15) is 0 Å². The highest BCUT2D eigenvalue weighted by atomic mass is 32.2. The van der Waals surface area contributed by atoms with E-state index in [1.807, 2.05) is 0 Å². The Morgan fingerprint density at radius 2 is 1.71 bits per heavy atom. The van der Waals surface area contributed by atoms with Crippen molar-refractivity contribution in [2.75, 3.05) is 6.26 Å². The second-order valence-electron chi connectivity index (χ2n) is 5.14. The fraction of sp³-hybridized carbons (Fsp3) is 0.500. The van der Waals surface area contributed by atoms with Gasteiger partial charge in [-0.05, 0) is 39.8 Å². The zero-order valence-corrected chi connectivity index (χ0v) is 13.5. The molecule has 0 atom stereocenters. The van der Waals surface area contributed by atoms with Gasteiger partial charge in [-0.1, -0.05) is 0 Å². The summed E-state index contributed by atoms with van der Waals surface area (Å²) in [5.74, 6) is -2.15. The minimum Gasteiger partial charge on any atom is -0.490 e. The minimum absolute atomic E-state index is 0.0412. The van der Waals surface area contributed by atoms with Crippen LogP contribution in [0.5, 0.6) is 5.75 Å². The van der Waals surface area contributed by atoms with Crippen LogP contribution < -0.4 is 4.74 Å². The van der Waals surface area contributed by atoms with Gasteiger partial charge in [0.25, 0.3) is 0 Å². The van der Waals surface area contributed by atoms with Crippen molar-refractivity contribution in [3.63, 3.8) is 0 Å². The Balaban J connectivity index is 3.49. The van der Waals surface area contributed by atoms with E-state index in [2.05, 4.69) is 0 Å². The molecule has 0 heterocycles. The first kappa shape index (κ1) is 17.4. The van der Waals surface area contributed by atoms with Crippen molar-refractivity contribution < 1.29 is 27.1 Å². The number of halogens is 1. The van der Waals surface area contributed by atoms with Crippen molar-refractivity contribution >= 4 is 15.8 Å². The molecule has 21 heavy (non-hydrogen) atoms. The van der Waals surface area contributed by atoms with Crippen LogP contribution in [0, 0.1) is 5.82 Å². The van der Waals surface area contributed by atoms with E-state index in [-0.39, 0.29) is 11.9 Å². The van der Waals surface area contributed by atoms with Gasteiger partial charge in [-0.25, -0.2) is 17.6 Å². The van der Waals surface area contributed by atoms with Crippen LogP contribution in [0.1, 0.15) is 38.1 Å². The molecule has 5 nitrogen and oxygen atoms in total. The Labute approximate surface area is 124 Å². The lowest BCUT2D eigenvalue weighted by Crippen LogP contribution is -2.18. The first-order valence-corrected chi connectivity index (χ1v) is 8.33. The van der Waals surface area contributed by atoms with Crippen molar-refractivity contribution in [3.8, 4) is 5.75 Å². The van der Waals surface area contributed by atoms with E-state index in [4.69, 9.17) is 9.47 Å². The fourth-order valence-corrected chi connectivity index (χ4v) is 2.38. The van der Waals surface area contributed by atoms with Crippen molar-refractivity contribution in [2.24, 2.45) is 0 Å². The standard InChI is InChI=1S/C14H19FO5S/c1-8(2)19-10-6-7-11(21(5,17)18)13(15)12(10)14(16)20-9(3)4/h6-9H,1-5H3. The maximum Gasteiger partial charge on any atom is 0.345 e. The number of carbonyl (C=O) groups is 1. The van der Waals surface area contributed by atoms with E-state index in [9.17, 15) is 17.6 Å². The number of sulfone groups is 1. The molecule has 1 aromatic carbocycles. The second-order valence-corrected chi connectivity index (χ2v) is 7.13. The Morgan fingerprint density at radius 3 is 2.14 bits per heavy atom. The molecule has 0 amide bonds. The van der Waals surface area contributed by atoms with E-state index in [0.717, 1.165) is 12.3 Å². The van der Waals surface area contributed by atoms with Crippen molar-refractivity contribution in [1.29, 1.82) is 0 Å². The molecule has 0 saturated carbocycles. The van der Waals surface area contributed by atoms with Crippen LogP contribution >= 0.6 is 0 Å². The van der Waals surface area contributed by atoms with Crippen molar-refractivity contribution in [1.82, 2.24) is 0 Å². The molecule has 0 fully saturated rings. The average molecular weight is 318 g/mol. The predicted octanol–water partition coefficient (Wildman–Crippen LogP) is 2.58. The van der Waals surface area contributed by atoms with Crippen LogP contribution in [0.4, 0.5) is 4.39 Å². The zero-order valence-electron chi connectivity index (χ0n) is 12.6. The number of esters is 1. The quantitative estimate of drug-likeness (QED) is 0.780. The summed E-state index contributed by atoms with van der Waals surface area (Å²) < 4.78 is 47.8. The highest BCUT2D eigenvalue weighted by molar-refractivity contribution is 7.90. The molecule has 1 rings (SSSR count). The van der Waals surface area contributed by atoms with E-state index < -0.39 is 38.2 Å². The van der Waals surface area contributed by atoms with Crippen molar-refractivity contribution in [2.45, 2.75) is 44.8 Å². The molecule has 0 N–H and O–H groups in total. The summed E-state index contributed by atoms with van der Waals surface area (Å²) in [4.78, 5) is 11.5. The zero-order chi connectivity index (χ0) is 16.4. The molecule has 0 saturated heterocycles. The summed E-state index contributed by atoms with van der Waals surface area (Å²) in [6.45, 7) is 6.64. The number of carbonyl (C=O) groups excluding carboxylic acids is 1. The lowest BCUT2D eigenvalue weighted by Gasteiger charge is -2.16. The Bertz CT molecular complexity index is 635. The van der Waals surface area contributed by atoms with Gasteiger partial charge in [0.05, 0.1) is 12.2 Å². The van der Waals surface area contributed by atoms with Crippen LogP contribution in [0.2, 0.25) is 0 Å². The van der Waals surface area contributed by atoms with Gasteiger partial charge in [-0.15, -0.1) is 0 Å². The minimum atomic E-state index is -3.80. The number of hydrogen-bond acceptors (Lipinski definition) is 5. The predicted molar refractivity (Wildman–Crippen MR) is 75.8 cm³/mol. The van der Waals surface area contributed by atoms with Crippen LogP contribution in [0.25, 0.3) is 0 Å². The molecule has 0 aliphatic rings. The van der Waals surface area contributed by atoms with Gasteiger partial charge in [0.2, 0.25) is 0 Å². The van der Waals surface area contributed by atoms with E-state index in [1.165, 1.54) is 6.07 Å². The Kier molecular flexibility index (Phi) is 5.33. The average Bonchev–Trinajstić information content (AvgIpc) is 2.24. The van der Waals surface area contributed by atoms with Gasteiger partial charge in [0, 0.05) is 6.26 Å². The largest absolute Gasteiger partial charge is 0.490 e.